The van der Waals surface area contributed by atoms with Crippen molar-refractivity contribution < 1.29 is 8.78 Å². The minimum Gasteiger partial charge on any atom is -0.398 e. The van der Waals surface area contributed by atoms with Gasteiger partial charge in [0.15, 0.2) is 17.5 Å². The van der Waals surface area contributed by atoms with E-state index >= 15 is 0 Å². The van der Waals surface area contributed by atoms with Crippen LogP contribution in [0.4, 0.5) is 14.5 Å². The number of aromatic nitrogens is 4. The highest BCUT2D eigenvalue weighted by atomic mass is 19.2. The van der Waals surface area contributed by atoms with Gasteiger partial charge in [-0.05, 0) is 29.8 Å². The van der Waals surface area contributed by atoms with Crippen molar-refractivity contribution in [2.75, 3.05) is 5.73 Å². The molecule has 0 saturated carbocycles. The molecule has 7 heteroatoms. The van der Waals surface area contributed by atoms with E-state index in [0.717, 1.165) is 31.4 Å². The van der Waals surface area contributed by atoms with Gasteiger partial charge >= 0.3 is 0 Å². The fraction of sp³-hybridized carbons (Fsp3) is 0.462. The minimum atomic E-state index is -0.982. The largest absolute Gasteiger partial charge is 0.398 e. The lowest BCUT2D eigenvalue weighted by molar-refractivity contribution is 0.437. The summed E-state index contributed by atoms with van der Waals surface area (Å²) in [5.41, 5.74) is 6.15. The monoisotopic (exact) mass is 281 g/mol. The Hall–Kier alpha value is -2.05. The van der Waals surface area contributed by atoms with Gasteiger partial charge in [-0.25, -0.2) is 13.5 Å². The predicted molar refractivity (Wildman–Crippen MR) is 71.8 cm³/mol. The second-order valence-electron chi connectivity index (χ2n) is 4.79. The van der Waals surface area contributed by atoms with Crippen molar-refractivity contribution in [3.05, 3.63) is 23.8 Å². The Morgan fingerprint density at radius 2 is 2.00 bits per heavy atom. The number of hydrogen-bond donors (Lipinski definition) is 1. The summed E-state index contributed by atoms with van der Waals surface area (Å²) in [6, 6.07) is 2.03. The van der Waals surface area contributed by atoms with Crippen LogP contribution in [0.1, 0.15) is 39.2 Å². The van der Waals surface area contributed by atoms with E-state index < -0.39 is 11.6 Å². The second-order valence-corrected chi connectivity index (χ2v) is 4.79. The van der Waals surface area contributed by atoms with Crippen LogP contribution in [0.25, 0.3) is 11.4 Å². The standard InChI is InChI=1S/C13H17F2N5/c1-3-4-5-8(2)20-13(17-18-19-20)9-6-10(14)11(15)7-12(9)16/h6-8H,3-5,16H2,1-2H3. The Kier molecular flexibility index (Phi) is 4.26. The van der Waals surface area contributed by atoms with E-state index in [1.54, 1.807) is 4.68 Å². The molecule has 0 aliphatic heterocycles. The number of unbranched alkanes of at least 4 members (excludes halogenated alkanes) is 1. The number of tetrazole rings is 1. The molecule has 2 N–H and O–H groups in total. The van der Waals surface area contributed by atoms with Crippen LogP contribution in [0.5, 0.6) is 0 Å². The zero-order valence-electron chi connectivity index (χ0n) is 11.5. The number of benzene rings is 1. The predicted octanol–water partition coefficient (Wildman–Crippen LogP) is 2.95. The summed E-state index contributed by atoms with van der Waals surface area (Å²) in [5, 5.41) is 11.4. The van der Waals surface area contributed by atoms with Gasteiger partial charge in [-0.1, -0.05) is 19.8 Å². The maximum absolute atomic E-state index is 13.4. The Labute approximate surface area is 115 Å². The van der Waals surface area contributed by atoms with Gasteiger partial charge in [-0.3, -0.25) is 0 Å². The van der Waals surface area contributed by atoms with Crippen LogP contribution in [-0.2, 0) is 0 Å². The summed E-state index contributed by atoms with van der Waals surface area (Å²) in [7, 11) is 0. The molecule has 1 aromatic carbocycles. The quantitative estimate of drug-likeness (QED) is 0.855. The number of nitrogens with two attached hydrogens (primary N) is 1. The van der Waals surface area contributed by atoms with E-state index in [4.69, 9.17) is 5.73 Å². The van der Waals surface area contributed by atoms with Gasteiger partial charge < -0.3 is 5.73 Å². The fourth-order valence-corrected chi connectivity index (χ4v) is 2.05. The number of halogens is 2. The summed E-state index contributed by atoms with van der Waals surface area (Å²) < 4.78 is 28.1. The van der Waals surface area contributed by atoms with Crippen molar-refractivity contribution >= 4 is 5.69 Å². The average Bonchev–Trinajstić information content (AvgIpc) is 2.89. The van der Waals surface area contributed by atoms with Gasteiger partial charge in [0.25, 0.3) is 0 Å². The highest BCUT2D eigenvalue weighted by Gasteiger charge is 2.18. The first kappa shape index (κ1) is 14.4. The smallest absolute Gasteiger partial charge is 0.184 e. The number of rotatable bonds is 5. The number of hydrogen-bond acceptors (Lipinski definition) is 4. The van der Waals surface area contributed by atoms with Gasteiger partial charge in [0, 0.05) is 17.3 Å². The fourth-order valence-electron chi connectivity index (χ4n) is 2.05. The first-order valence-corrected chi connectivity index (χ1v) is 6.57. The average molecular weight is 281 g/mol. The molecule has 2 rings (SSSR count). The molecule has 5 nitrogen and oxygen atoms in total. The van der Waals surface area contributed by atoms with Crippen molar-refractivity contribution in [1.29, 1.82) is 0 Å². The summed E-state index contributed by atoms with van der Waals surface area (Å²) >= 11 is 0. The lowest BCUT2D eigenvalue weighted by atomic mass is 10.1. The topological polar surface area (TPSA) is 69.6 Å². The van der Waals surface area contributed by atoms with E-state index in [2.05, 4.69) is 22.4 Å². The van der Waals surface area contributed by atoms with E-state index in [-0.39, 0.29) is 11.7 Å². The van der Waals surface area contributed by atoms with Gasteiger partial charge in [-0.2, -0.15) is 0 Å². The molecule has 0 bridgehead atoms. The zero-order chi connectivity index (χ0) is 14.7. The molecule has 1 heterocycles. The summed E-state index contributed by atoms with van der Waals surface area (Å²) in [4.78, 5) is 0. The van der Waals surface area contributed by atoms with E-state index in [1.165, 1.54) is 0 Å². The van der Waals surface area contributed by atoms with Crippen molar-refractivity contribution in [2.45, 2.75) is 39.2 Å². The SMILES string of the molecule is CCCCC(C)n1nnnc1-c1cc(F)c(F)cc1N. The number of nitrogen functional groups attached to an aromatic ring is 1. The molecule has 20 heavy (non-hydrogen) atoms. The van der Waals surface area contributed by atoms with Crippen LogP contribution in [0.15, 0.2) is 12.1 Å². The second kappa shape index (κ2) is 5.94. The summed E-state index contributed by atoms with van der Waals surface area (Å²) in [6.45, 7) is 4.08. The van der Waals surface area contributed by atoms with Crippen LogP contribution in [-0.4, -0.2) is 20.2 Å². The van der Waals surface area contributed by atoms with Crippen LogP contribution in [0, 0.1) is 11.6 Å². The normalized spacial score (nSPS) is 12.6. The van der Waals surface area contributed by atoms with Crippen LogP contribution >= 0.6 is 0 Å². The third-order valence-corrected chi connectivity index (χ3v) is 3.22. The highest BCUT2D eigenvalue weighted by molar-refractivity contribution is 5.71. The first-order valence-electron chi connectivity index (χ1n) is 6.57. The van der Waals surface area contributed by atoms with E-state index in [1.807, 2.05) is 6.92 Å². The van der Waals surface area contributed by atoms with E-state index in [9.17, 15) is 8.78 Å². The Morgan fingerprint density at radius 3 is 2.70 bits per heavy atom. The number of nitrogens with zero attached hydrogens (tertiary/aromatic N) is 4. The van der Waals surface area contributed by atoms with Crippen LogP contribution in [0.3, 0.4) is 0 Å². The van der Waals surface area contributed by atoms with Gasteiger partial charge in [0.05, 0.1) is 6.04 Å². The molecule has 0 spiro atoms. The molecule has 0 fully saturated rings. The maximum atomic E-state index is 13.4. The molecule has 0 amide bonds. The van der Waals surface area contributed by atoms with Gasteiger partial charge in [0.1, 0.15) is 0 Å². The van der Waals surface area contributed by atoms with Crippen molar-refractivity contribution in [2.24, 2.45) is 0 Å². The minimum absolute atomic E-state index is 0.0625. The van der Waals surface area contributed by atoms with Gasteiger partial charge in [-0.15, -0.1) is 5.10 Å². The summed E-state index contributed by atoms with van der Waals surface area (Å²) in [6.07, 6.45) is 3.00. The van der Waals surface area contributed by atoms with Crippen molar-refractivity contribution in [1.82, 2.24) is 20.2 Å². The molecule has 0 aliphatic rings. The Bertz CT molecular complexity index is 596. The molecular formula is C13H17F2N5. The molecular weight excluding hydrogens is 264 g/mol. The third-order valence-electron chi connectivity index (χ3n) is 3.22. The van der Waals surface area contributed by atoms with Gasteiger partial charge in [0.2, 0.25) is 0 Å². The lowest BCUT2D eigenvalue weighted by Gasteiger charge is -2.13. The molecule has 108 valence electrons. The van der Waals surface area contributed by atoms with Crippen LogP contribution < -0.4 is 5.73 Å². The molecule has 0 radical (unpaired) electrons. The van der Waals surface area contributed by atoms with Crippen LogP contribution in [0.2, 0.25) is 0 Å². The van der Waals surface area contributed by atoms with E-state index in [0.29, 0.717) is 11.4 Å². The van der Waals surface area contributed by atoms with Crippen molar-refractivity contribution in [3.8, 4) is 11.4 Å². The molecule has 2 aromatic rings. The maximum Gasteiger partial charge on any atom is 0.184 e. The lowest BCUT2D eigenvalue weighted by Crippen LogP contribution is -2.10. The number of anilines is 1. The molecule has 1 atom stereocenters. The first-order chi connectivity index (χ1) is 9.54. The van der Waals surface area contributed by atoms with Crippen molar-refractivity contribution in [3.63, 3.8) is 0 Å². The Balaban J connectivity index is 2.39. The summed E-state index contributed by atoms with van der Waals surface area (Å²) in [5.74, 6) is -1.60. The zero-order valence-corrected chi connectivity index (χ0v) is 11.5. The molecule has 1 aromatic heterocycles. The molecule has 1 unspecified atom stereocenters. The highest BCUT2D eigenvalue weighted by Crippen LogP contribution is 2.28. The Morgan fingerprint density at radius 1 is 1.30 bits per heavy atom. The third kappa shape index (κ3) is 2.76. The molecule has 0 aliphatic carbocycles. The molecule has 0 saturated heterocycles.